The number of aryl methyl sites for hydroxylation is 1. The summed E-state index contributed by atoms with van der Waals surface area (Å²) < 4.78 is 2.06. The highest BCUT2D eigenvalue weighted by Crippen LogP contribution is 2.37. The number of phenolic OH excluding ortho intramolecular Hbond substituents is 1. The third kappa shape index (κ3) is 3.73. The Labute approximate surface area is 203 Å². The van der Waals surface area contributed by atoms with Crippen molar-refractivity contribution in [3.63, 3.8) is 0 Å². The molecule has 5 heteroatoms. The largest absolute Gasteiger partial charge is 0.507 e. The van der Waals surface area contributed by atoms with Crippen molar-refractivity contribution in [2.45, 2.75) is 6.92 Å². The number of benzene rings is 3. The molecule has 0 saturated heterocycles. The minimum absolute atomic E-state index is 0.190. The number of hydrogen-bond acceptors (Lipinski definition) is 4. The van der Waals surface area contributed by atoms with Gasteiger partial charge in [0.2, 0.25) is 0 Å². The smallest absolute Gasteiger partial charge is 0.149 e. The maximum absolute atomic E-state index is 10.8. The zero-order chi connectivity index (χ0) is 23.8. The molecule has 0 aliphatic heterocycles. The summed E-state index contributed by atoms with van der Waals surface area (Å²) in [6.45, 7) is 2.01. The first kappa shape index (κ1) is 20.8. The fourth-order valence-corrected chi connectivity index (χ4v) is 4.43. The van der Waals surface area contributed by atoms with E-state index in [1.54, 1.807) is 12.3 Å². The lowest BCUT2D eigenvalue weighted by atomic mass is 10.0. The first-order valence-electron chi connectivity index (χ1n) is 11.4. The number of fused-ring (bicyclic) bond motifs is 1. The molecule has 6 aromatic rings. The van der Waals surface area contributed by atoms with E-state index in [0.717, 1.165) is 44.7 Å². The van der Waals surface area contributed by atoms with Gasteiger partial charge in [0, 0.05) is 29.2 Å². The Morgan fingerprint density at radius 2 is 1.57 bits per heavy atom. The summed E-state index contributed by atoms with van der Waals surface area (Å²) in [6.07, 6.45) is 5.48. The van der Waals surface area contributed by atoms with Gasteiger partial charge in [-0.15, -0.1) is 0 Å². The Morgan fingerprint density at radius 3 is 2.40 bits per heavy atom. The van der Waals surface area contributed by atoms with Gasteiger partial charge in [0.25, 0.3) is 0 Å². The number of aromatic nitrogens is 4. The molecule has 0 spiro atoms. The highest BCUT2D eigenvalue weighted by molar-refractivity contribution is 5.95. The number of hydrogen-bond donors (Lipinski definition) is 1. The van der Waals surface area contributed by atoms with Crippen LogP contribution in [-0.4, -0.2) is 24.6 Å². The summed E-state index contributed by atoms with van der Waals surface area (Å²) in [6, 6.07) is 29.8. The molecule has 0 fully saturated rings. The lowest BCUT2D eigenvalue weighted by molar-refractivity contribution is 0.476. The molecular formula is C30H22N4O. The Kier molecular flexibility index (Phi) is 5.08. The Morgan fingerprint density at radius 1 is 0.743 bits per heavy atom. The van der Waals surface area contributed by atoms with Gasteiger partial charge in [-0.1, -0.05) is 54.1 Å². The fourth-order valence-electron chi connectivity index (χ4n) is 4.43. The quantitative estimate of drug-likeness (QED) is 0.317. The Hall–Kier alpha value is -4.77. The molecule has 0 bridgehead atoms. The van der Waals surface area contributed by atoms with Crippen molar-refractivity contribution < 1.29 is 5.11 Å². The van der Waals surface area contributed by atoms with E-state index in [1.165, 1.54) is 0 Å². The van der Waals surface area contributed by atoms with Crippen LogP contribution in [-0.2, 0) is 0 Å². The topological polar surface area (TPSA) is 63.8 Å². The third-order valence-electron chi connectivity index (χ3n) is 6.11. The molecule has 1 N–H and O–H groups in total. The third-order valence-corrected chi connectivity index (χ3v) is 6.11. The molecule has 0 unspecified atom stereocenters. The van der Waals surface area contributed by atoms with E-state index in [2.05, 4.69) is 32.7 Å². The number of aromatic hydroxyl groups is 1. The molecule has 0 amide bonds. The minimum atomic E-state index is 0.190. The van der Waals surface area contributed by atoms with Crippen molar-refractivity contribution >= 4 is 11.0 Å². The van der Waals surface area contributed by atoms with E-state index < -0.39 is 0 Å². The minimum Gasteiger partial charge on any atom is -0.507 e. The van der Waals surface area contributed by atoms with Crippen LogP contribution in [0.2, 0.25) is 0 Å². The van der Waals surface area contributed by atoms with Gasteiger partial charge in [0.15, 0.2) is 0 Å². The lowest BCUT2D eigenvalue weighted by Crippen LogP contribution is -1.98. The zero-order valence-electron chi connectivity index (χ0n) is 19.1. The van der Waals surface area contributed by atoms with Crippen LogP contribution in [0.5, 0.6) is 5.75 Å². The van der Waals surface area contributed by atoms with E-state index >= 15 is 0 Å². The average molecular weight is 455 g/mol. The van der Waals surface area contributed by atoms with Crippen molar-refractivity contribution in [3.05, 3.63) is 115 Å². The number of imidazole rings is 1. The summed E-state index contributed by atoms with van der Waals surface area (Å²) in [5.74, 6) is 0.859. The average Bonchev–Trinajstić information content (AvgIpc) is 3.31. The summed E-state index contributed by atoms with van der Waals surface area (Å²) in [5.41, 5.74) is 8.23. The van der Waals surface area contributed by atoms with Crippen LogP contribution in [0.4, 0.5) is 0 Å². The normalized spacial score (nSPS) is 11.1. The van der Waals surface area contributed by atoms with E-state index in [-0.39, 0.29) is 5.75 Å². The van der Waals surface area contributed by atoms with E-state index in [4.69, 9.17) is 4.98 Å². The van der Waals surface area contributed by atoms with Gasteiger partial charge >= 0.3 is 0 Å². The van der Waals surface area contributed by atoms with Gasteiger partial charge in [-0.25, -0.2) is 4.98 Å². The lowest BCUT2D eigenvalue weighted by Gasteiger charge is -2.11. The molecule has 0 saturated carbocycles. The molecular weight excluding hydrogens is 432 g/mol. The Balaban J connectivity index is 1.62. The zero-order valence-corrected chi connectivity index (χ0v) is 19.1. The number of para-hydroxylation sites is 1. The number of pyridine rings is 2. The Bertz CT molecular complexity index is 1660. The number of phenols is 1. The molecule has 0 aliphatic rings. The molecule has 3 aromatic carbocycles. The predicted octanol–water partition coefficient (Wildman–Crippen LogP) is 6.83. The van der Waals surface area contributed by atoms with Crippen molar-refractivity contribution in [3.8, 4) is 45.2 Å². The molecule has 0 radical (unpaired) electrons. The van der Waals surface area contributed by atoms with Crippen LogP contribution in [0.1, 0.15) is 5.56 Å². The van der Waals surface area contributed by atoms with Crippen LogP contribution in [0, 0.1) is 6.92 Å². The summed E-state index contributed by atoms with van der Waals surface area (Å²) >= 11 is 0. The summed E-state index contributed by atoms with van der Waals surface area (Å²) in [5, 5.41) is 10.8. The van der Waals surface area contributed by atoms with Crippen LogP contribution in [0.3, 0.4) is 0 Å². The van der Waals surface area contributed by atoms with Gasteiger partial charge in [0.05, 0.1) is 23.0 Å². The van der Waals surface area contributed by atoms with Crippen LogP contribution in [0.15, 0.2) is 110 Å². The SMILES string of the molecule is Cc1ccc(O)c(-c2nc3c(-c4cccc(-c5ccccn5)c4)cncc3n2-c2ccccc2)c1. The first-order valence-corrected chi connectivity index (χ1v) is 11.4. The second-order valence-corrected chi connectivity index (χ2v) is 8.48. The predicted molar refractivity (Wildman–Crippen MR) is 139 cm³/mol. The highest BCUT2D eigenvalue weighted by Gasteiger charge is 2.20. The van der Waals surface area contributed by atoms with Crippen molar-refractivity contribution in [1.29, 1.82) is 0 Å². The molecule has 3 aromatic heterocycles. The second-order valence-electron chi connectivity index (χ2n) is 8.48. The fraction of sp³-hybridized carbons (Fsp3) is 0.0333. The molecule has 6 rings (SSSR count). The van der Waals surface area contributed by atoms with Crippen LogP contribution >= 0.6 is 0 Å². The summed E-state index contributed by atoms with van der Waals surface area (Å²) in [7, 11) is 0. The number of nitrogens with zero attached hydrogens (tertiary/aromatic N) is 4. The monoisotopic (exact) mass is 454 g/mol. The second kappa shape index (κ2) is 8.54. The molecule has 35 heavy (non-hydrogen) atoms. The van der Waals surface area contributed by atoms with E-state index in [0.29, 0.717) is 11.4 Å². The van der Waals surface area contributed by atoms with Gasteiger partial charge < -0.3 is 5.11 Å². The number of rotatable bonds is 4. The van der Waals surface area contributed by atoms with Gasteiger partial charge in [-0.3, -0.25) is 14.5 Å². The molecule has 168 valence electrons. The maximum Gasteiger partial charge on any atom is 0.149 e. The van der Waals surface area contributed by atoms with Gasteiger partial charge in [-0.05, 0) is 55.0 Å². The highest BCUT2D eigenvalue weighted by atomic mass is 16.3. The van der Waals surface area contributed by atoms with Crippen LogP contribution < -0.4 is 0 Å². The standard InChI is InChI=1S/C30H22N4O/c1-20-13-14-28(35)24(16-20)30-33-29-25(18-31-19-27(29)34(30)23-10-3-2-4-11-23)21-8-7-9-22(17-21)26-12-5-6-15-32-26/h2-19,35H,1H3. The van der Waals surface area contributed by atoms with Crippen LogP contribution in [0.25, 0.3) is 50.5 Å². The van der Waals surface area contributed by atoms with Gasteiger partial charge in [0.1, 0.15) is 17.1 Å². The van der Waals surface area contributed by atoms with Gasteiger partial charge in [-0.2, -0.15) is 0 Å². The van der Waals surface area contributed by atoms with E-state index in [1.807, 2.05) is 86.0 Å². The molecule has 0 atom stereocenters. The van der Waals surface area contributed by atoms with Crippen molar-refractivity contribution in [2.24, 2.45) is 0 Å². The van der Waals surface area contributed by atoms with Crippen molar-refractivity contribution in [2.75, 3.05) is 0 Å². The summed E-state index contributed by atoms with van der Waals surface area (Å²) in [4.78, 5) is 14.2. The van der Waals surface area contributed by atoms with Crippen molar-refractivity contribution in [1.82, 2.24) is 19.5 Å². The van der Waals surface area contributed by atoms with E-state index in [9.17, 15) is 5.11 Å². The maximum atomic E-state index is 10.8. The molecule has 3 heterocycles. The molecule has 0 aliphatic carbocycles. The first-order chi connectivity index (χ1) is 17.2. The molecule has 5 nitrogen and oxygen atoms in total.